The molecule has 0 aliphatic rings. The van der Waals surface area contributed by atoms with Gasteiger partial charge in [0.25, 0.3) is 0 Å². The first kappa shape index (κ1) is 49.3. The van der Waals surface area contributed by atoms with Crippen molar-refractivity contribution in [3.63, 3.8) is 0 Å². The average molecular weight is 957 g/mol. The molecule has 350 valence electrons. The van der Waals surface area contributed by atoms with Gasteiger partial charge < -0.3 is 18.9 Å². The van der Waals surface area contributed by atoms with Crippen LogP contribution in [0, 0.1) is 0 Å². The summed E-state index contributed by atoms with van der Waals surface area (Å²) in [6.07, 6.45) is -6.93. The number of hydrogen-bond donors (Lipinski definition) is 0. The van der Waals surface area contributed by atoms with Gasteiger partial charge in [0.2, 0.25) is 0 Å². The van der Waals surface area contributed by atoms with E-state index in [1.807, 2.05) is 54.6 Å². The SMILES string of the molecule is CC(C)(C)Oc1ccc(S(OS(=O)(=O)C(F)(F)C(F)(F)C(F)(F)C(F)(F)F)(c2ccc(OC(C)(C)C)cc2)c2ccccc2OCOCCc2cc3ccccc3c3ccccc23)cc1. The minimum Gasteiger partial charge on any atom is -0.488 e. The quantitative estimate of drug-likeness (QED) is 0.0414. The van der Waals surface area contributed by atoms with Crippen molar-refractivity contribution >= 4 is 42.0 Å². The second-order valence-electron chi connectivity index (χ2n) is 16.8. The minimum atomic E-state index is -7.59. The zero-order chi connectivity index (χ0) is 47.9. The van der Waals surface area contributed by atoms with E-state index in [1.165, 1.54) is 42.5 Å². The normalized spacial score (nSPS) is 13.8. The molecule has 6 aromatic rings. The summed E-state index contributed by atoms with van der Waals surface area (Å²) in [6.45, 7) is 9.70. The van der Waals surface area contributed by atoms with Crippen LogP contribution in [0.1, 0.15) is 47.1 Å². The first-order chi connectivity index (χ1) is 30.1. The van der Waals surface area contributed by atoms with Crippen LogP contribution in [0.2, 0.25) is 0 Å². The van der Waals surface area contributed by atoms with Crippen molar-refractivity contribution < 1.29 is 70.5 Å². The average Bonchev–Trinajstić information content (AvgIpc) is 3.22. The standard InChI is InChI=1S/C47H45F9O7S2/c1-42(2,3)61-33-19-23-35(24-20-33)64(36-25-21-34(22-26-36)62-43(4,5)6,63-65(57,58)47(55,56)45(50,51)44(48,49)46(52,53)54)41-18-12-11-17-40(41)60-30-59-28-27-32-29-31-13-7-8-14-37(31)39-16-10-9-15-38(32)39/h7-26,29H,27-28,30H2,1-6H3. The van der Waals surface area contributed by atoms with E-state index in [9.17, 15) is 30.4 Å². The Kier molecular flexibility index (Phi) is 13.6. The van der Waals surface area contributed by atoms with Gasteiger partial charge in [-0.2, -0.15) is 47.9 Å². The first-order valence-corrected chi connectivity index (χ1v) is 22.8. The third-order valence-electron chi connectivity index (χ3n) is 9.61. The summed E-state index contributed by atoms with van der Waals surface area (Å²) in [5, 5.41) is -3.18. The van der Waals surface area contributed by atoms with Crippen LogP contribution in [0.15, 0.2) is 142 Å². The Morgan fingerprint density at radius 1 is 0.538 bits per heavy atom. The third kappa shape index (κ3) is 10.0. The van der Waals surface area contributed by atoms with Gasteiger partial charge in [-0.25, -0.2) is 3.63 Å². The number of fused-ring (bicyclic) bond motifs is 3. The minimum absolute atomic E-state index is 0.0621. The highest BCUT2D eigenvalue weighted by Gasteiger charge is 2.86. The molecule has 18 heteroatoms. The maximum Gasteiger partial charge on any atom is 0.460 e. The number of alkyl halides is 9. The molecular formula is C47H45F9O7S2. The topological polar surface area (TPSA) is 80.3 Å². The fourth-order valence-corrected chi connectivity index (χ4v) is 12.1. The van der Waals surface area contributed by atoms with Crippen molar-refractivity contribution in [2.75, 3.05) is 13.4 Å². The number of para-hydroxylation sites is 1. The molecule has 0 amide bonds. The fourth-order valence-electron chi connectivity index (χ4n) is 6.80. The highest BCUT2D eigenvalue weighted by atomic mass is 32.3. The summed E-state index contributed by atoms with van der Waals surface area (Å²) in [4.78, 5) is -1.09. The van der Waals surface area contributed by atoms with Gasteiger partial charge in [0.15, 0.2) is 6.79 Å². The molecule has 0 radical (unpaired) electrons. The van der Waals surface area contributed by atoms with Gasteiger partial charge in [0, 0.05) is 9.79 Å². The molecule has 7 nitrogen and oxygen atoms in total. The lowest BCUT2D eigenvalue weighted by Crippen LogP contribution is -2.63. The predicted molar refractivity (Wildman–Crippen MR) is 230 cm³/mol. The van der Waals surface area contributed by atoms with E-state index in [0.29, 0.717) is 6.42 Å². The Balaban J connectivity index is 1.47. The Hall–Kier alpha value is -5.17. The zero-order valence-corrected chi connectivity index (χ0v) is 37.5. The van der Waals surface area contributed by atoms with Crippen LogP contribution in [0.25, 0.3) is 21.5 Å². The monoisotopic (exact) mass is 956 g/mol. The highest BCUT2D eigenvalue weighted by molar-refractivity contribution is 8.33. The van der Waals surface area contributed by atoms with E-state index in [-0.39, 0.29) is 33.6 Å². The molecule has 65 heavy (non-hydrogen) atoms. The van der Waals surface area contributed by atoms with Crippen LogP contribution in [0.5, 0.6) is 17.2 Å². The number of hydrogen-bond acceptors (Lipinski definition) is 7. The summed E-state index contributed by atoms with van der Waals surface area (Å²) in [5.74, 6) is -15.1. The van der Waals surface area contributed by atoms with Gasteiger partial charge in [-0.15, -0.1) is 0 Å². The van der Waals surface area contributed by atoms with E-state index in [0.717, 1.165) is 57.4 Å². The molecule has 0 aliphatic carbocycles. The second kappa shape index (κ2) is 17.9. The molecule has 0 fully saturated rings. The Morgan fingerprint density at radius 2 is 1.02 bits per heavy atom. The van der Waals surface area contributed by atoms with Gasteiger partial charge in [0.1, 0.15) is 28.5 Å². The van der Waals surface area contributed by atoms with Crippen molar-refractivity contribution in [1.29, 1.82) is 0 Å². The van der Waals surface area contributed by atoms with Gasteiger partial charge >= 0.3 is 33.4 Å². The predicted octanol–water partition coefficient (Wildman–Crippen LogP) is 13.9. The van der Waals surface area contributed by atoms with E-state index in [4.69, 9.17) is 22.6 Å². The number of ether oxygens (including phenoxy) is 4. The fraction of sp³-hybridized carbons (Fsp3) is 0.319. The smallest absolute Gasteiger partial charge is 0.460 e. The van der Waals surface area contributed by atoms with Crippen LogP contribution in [-0.2, 0) is 24.9 Å². The lowest BCUT2D eigenvalue weighted by Gasteiger charge is -2.42. The molecule has 0 saturated heterocycles. The van der Waals surface area contributed by atoms with Crippen LogP contribution < -0.4 is 14.2 Å². The van der Waals surface area contributed by atoms with E-state index < -0.39 is 66.6 Å². The van der Waals surface area contributed by atoms with Crippen LogP contribution in [0.3, 0.4) is 0 Å². The second-order valence-corrected chi connectivity index (χ2v) is 21.2. The molecule has 0 spiro atoms. The Morgan fingerprint density at radius 3 is 1.54 bits per heavy atom. The molecule has 0 bridgehead atoms. The molecule has 6 rings (SSSR count). The maximum absolute atomic E-state index is 15.8. The van der Waals surface area contributed by atoms with Crippen molar-refractivity contribution in [2.45, 2.75) is 97.1 Å². The summed E-state index contributed by atoms with van der Waals surface area (Å²) in [7, 11) is -12.0. The van der Waals surface area contributed by atoms with Crippen LogP contribution in [0.4, 0.5) is 39.5 Å². The first-order valence-electron chi connectivity index (χ1n) is 19.9. The van der Waals surface area contributed by atoms with E-state index in [2.05, 4.69) is 0 Å². The van der Waals surface area contributed by atoms with E-state index >= 15 is 17.6 Å². The lowest BCUT2D eigenvalue weighted by atomic mass is 9.96. The summed E-state index contributed by atoms with van der Waals surface area (Å²) < 4.78 is 187. The molecule has 0 heterocycles. The molecule has 0 aromatic heterocycles. The molecule has 0 unspecified atom stereocenters. The summed E-state index contributed by atoms with van der Waals surface area (Å²) in [5.41, 5.74) is -0.658. The Bertz CT molecular complexity index is 2670. The van der Waals surface area contributed by atoms with Crippen molar-refractivity contribution in [3.05, 3.63) is 133 Å². The van der Waals surface area contributed by atoms with Gasteiger partial charge in [-0.3, -0.25) is 0 Å². The summed E-state index contributed by atoms with van der Waals surface area (Å²) in [6, 6.07) is 32.5. The zero-order valence-electron chi connectivity index (χ0n) is 35.8. The number of halogens is 9. The number of benzene rings is 6. The Labute approximate surface area is 372 Å². The molecule has 0 N–H and O–H groups in total. The van der Waals surface area contributed by atoms with Crippen molar-refractivity contribution in [1.82, 2.24) is 0 Å². The molecule has 0 aliphatic heterocycles. The van der Waals surface area contributed by atoms with Crippen molar-refractivity contribution in [3.8, 4) is 17.2 Å². The number of rotatable bonds is 16. The van der Waals surface area contributed by atoms with E-state index in [1.54, 1.807) is 41.5 Å². The van der Waals surface area contributed by atoms with Crippen LogP contribution >= 0.6 is 10.3 Å². The lowest BCUT2D eigenvalue weighted by molar-refractivity contribution is -0.382. The molecule has 6 aromatic carbocycles. The molecule has 0 atom stereocenters. The van der Waals surface area contributed by atoms with Crippen LogP contribution in [-0.4, -0.2) is 56.3 Å². The highest BCUT2D eigenvalue weighted by Crippen LogP contribution is 2.73. The maximum atomic E-state index is 15.8. The third-order valence-corrected chi connectivity index (χ3v) is 14.9. The summed E-state index contributed by atoms with van der Waals surface area (Å²) >= 11 is 0. The molecular weight excluding hydrogens is 912 g/mol. The molecule has 0 saturated carbocycles. The van der Waals surface area contributed by atoms with Gasteiger partial charge in [-0.1, -0.05) is 66.7 Å². The van der Waals surface area contributed by atoms with Crippen molar-refractivity contribution in [2.24, 2.45) is 0 Å². The van der Waals surface area contributed by atoms with Gasteiger partial charge in [-0.05, 0) is 146 Å². The van der Waals surface area contributed by atoms with Gasteiger partial charge in [0.05, 0.1) is 11.5 Å². The largest absolute Gasteiger partial charge is 0.488 e.